The Balaban J connectivity index is 1.63. The first-order chi connectivity index (χ1) is 10.7. The molecule has 1 aliphatic heterocycles. The second-order valence-electron chi connectivity index (χ2n) is 5.58. The van der Waals surface area contributed by atoms with Crippen LogP contribution in [0.1, 0.15) is 18.9 Å². The standard InChI is InChI=1S/C18H20N2O2/c1-13-10-11-14-6-5-9-16(18(14)19-13)22-12-17(21)20-15-7-3-2-4-8-15/h2-9,13,19H,10-12H2,1H3,(H,20,21). The highest BCUT2D eigenvalue weighted by molar-refractivity contribution is 5.91. The van der Waals surface area contributed by atoms with Crippen LogP contribution in [0, 0.1) is 0 Å². The van der Waals surface area contributed by atoms with Gasteiger partial charge in [-0.1, -0.05) is 30.3 Å². The van der Waals surface area contributed by atoms with Gasteiger partial charge in [-0.2, -0.15) is 0 Å². The lowest BCUT2D eigenvalue weighted by molar-refractivity contribution is -0.118. The van der Waals surface area contributed by atoms with E-state index in [1.165, 1.54) is 5.56 Å². The molecule has 0 aromatic heterocycles. The molecular weight excluding hydrogens is 276 g/mol. The maximum Gasteiger partial charge on any atom is 0.262 e. The molecule has 2 N–H and O–H groups in total. The summed E-state index contributed by atoms with van der Waals surface area (Å²) >= 11 is 0. The molecule has 0 spiro atoms. The Hall–Kier alpha value is -2.49. The number of rotatable bonds is 4. The van der Waals surface area contributed by atoms with Gasteiger partial charge in [0.05, 0.1) is 5.69 Å². The van der Waals surface area contributed by atoms with Crippen LogP contribution in [0.4, 0.5) is 11.4 Å². The van der Waals surface area contributed by atoms with Crippen molar-refractivity contribution in [1.82, 2.24) is 0 Å². The van der Waals surface area contributed by atoms with E-state index in [0.717, 1.165) is 30.0 Å². The van der Waals surface area contributed by atoms with E-state index >= 15 is 0 Å². The molecule has 1 heterocycles. The van der Waals surface area contributed by atoms with Crippen molar-refractivity contribution >= 4 is 17.3 Å². The molecule has 1 atom stereocenters. The summed E-state index contributed by atoms with van der Waals surface area (Å²) < 4.78 is 5.71. The number of anilines is 2. The third-order valence-corrected chi connectivity index (χ3v) is 3.77. The summed E-state index contributed by atoms with van der Waals surface area (Å²) in [6, 6.07) is 15.8. The van der Waals surface area contributed by atoms with Crippen LogP contribution < -0.4 is 15.4 Å². The maximum absolute atomic E-state index is 12.0. The van der Waals surface area contributed by atoms with Gasteiger partial charge in [0.2, 0.25) is 0 Å². The van der Waals surface area contributed by atoms with Crippen LogP contribution in [-0.4, -0.2) is 18.6 Å². The van der Waals surface area contributed by atoms with Crippen molar-refractivity contribution in [3.63, 3.8) is 0 Å². The Kier molecular flexibility index (Phi) is 4.28. The molecule has 4 nitrogen and oxygen atoms in total. The molecule has 1 aliphatic rings. The molecule has 114 valence electrons. The number of para-hydroxylation sites is 2. The van der Waals surface area contributed by atoms with Gasteiger partial charge in [0, 0.05) is 11.7 Å². The topological polar surface area (TPSA) is 50.4 Å². The molecule has 2 aromatic rings. The van der Waals surface area contributed by atoms with Gasteiger partial charge in [-0.25, -0.2) is 0 Å². The fraction of sp³-hybridized carbons (Fsp3) is 0.278. The minimum absolute atomic E-state index is 0.00140. The van der Waals surface area contributed by atoms with Gasteiger partial charge in [0.1, 0.15) is 5.75 Å². The number of hydrogen-bond donors (Lipinski definition) is 2. The second kappa shape index (κ2) is 6.52. The van der Waals surface area contributed by atoms with E-state index in [1.807, 2.05) is 42.5 Å². The van der Waals surface area contributed by atoms with E-state index < -0.39 is 0 Å². The van der Waals surface area contributed by atoms with Crippen LogP contribution >= 0.6 is 0 Å². The smallest absolute Gasteiger partial charge is 0.262 e. The molecule has 0 fully saturated rings. The first-order valence-corrected chi connectivity index (χ1v) is 7.58. The molecule has 0 bridgehead atoms. The number of fused-ring (bicyclic) bond motifs is 1. The van der Waals surface area contributed by atoms with Gasteiger partial charge in [-0.15, -0.1) is 0 Å². The molecule has 1 unspecified atom stereocenters. The van der Waals surface area contributed by atoms with E-state index in [0.29, 0.717) is 6.04 Å². The average Bonchev–Trinajstić information content (AvgIpc) is 2.54. The third kappa shape index (κ3) is 3.39. The molecule has 0 aliphatic carbocycles. The first kappa shape index (κ1) is 14.4. The van der Waals surface area contributed by atoms with Crippen molar-refractivity contribution in [2.75, 3.05) is 17.2 Å². The Labute approximate surface area is 130 Å². The van der Waals surface area contributed by atoms with E-state index in [4.69, 9.17) is 4.74 Å². The number of aryl methyl sites for hydroxylation is 1. The zero-order chi connectivity index (χ0) is 15.4. The van der Waals surface area contributed by atoms with Crippen LogP contribution in [0.15, 0.2) is 48.5 Å². The van der Waals surface area contributed by atoms with Crippen LogP contribution in [0.2, 0.25) is 0 Å². The van der Waals surface area contributed by atoms with Crippen LogP contribution in [0.3, 0.4) is 0 Å². The van der Waals surface area contributed by atoms with E-state index in [1.54, 1.807) is 0 Å². The van der Waals surface area contributed by atoms with Gasteiger partial charge >= 0.3 is 0 Å². The molecule has 22 heavy (non-hydrogen) atoms. The number of carbonyl (C=O) groups excluding carboxylic acids is 1. The van der Waals surface area contributed by atoms with Gasteiger partial charge < -0.3 is 15.4 Å². The Morgan fingerprint density at radius 1 is 1.23 bits per heavy atom. The van der Waals surface area contributed by atoms with Crippen molar-refractivity contribution in [2.24, 2.45) is 0 Å². The molecular formula is C18H20N2O2. The lowest BCUT2D eigenvalue weighted by Gasteiger charge is -2.26. The highest BCUT2D eigenvalue weighted by Crippen LogP contribution is 2.33. The lowest BCUT2D eigenvalue weighted by Crippen LogP contribution is -2.24. The number of nitrogens with one attached hydrogen (secondary N) is 2. The van der Waals surface area contributed by atoms with Crippen LogP contribution in [0.25, 0.3) is 0 Å². The number of amides is 1. The first-order valence-electron chi connectivity index (χ1n) is 7.58. The fourth-order valence-corrected chi connectivity index (χ4v) is 2.62. The molecule has 0 saturated carbocycles. The Morgan fingerprint density at radius 2 is 2.05 bits per heavy atom. The summed E-state index contributed by atoms with van der Waals surface area (Å²) in [7, 11) is 0. The van der Waals surface area contributed by atoms with Gasteiger partial charge in [0.25, 0.3) is 5.91 Å². The van der Waals surface area contributed by atoms with Crippen molar-refractivity contribution < 1.29 is 9.53 Å². The van der Waals surface area contributed by atoms with Gasteiger partial charge in [0.15, 0.2) is 6.61 Å². The summed E-state index contributed by atoms with van der Waals surface area (Å²) in [4.78, 5) is 12.0. The predicted octanol–water partition coefficient (Wildman–Crippen LogP) is 3.45. The molecule has 1 amide bonds. The van der Waals surface area contributed by atoms with Crippen molar-refractivity contribution in [2.45, 2.75) is 25.8 Å². The van der Waals surface area contributed by atoms with E-state index in [2.05, 4.69) is 23.6 Å². The number of carbonyl (C=O) groups is 1. The molecule has 4 heteroatoms. The van der Waals surface area contributed by atoms with Gasteiger partial charge in [-0.3, -0.25) is 4.79 Å². The monoisotopic (exact) mass is 296 g/mol. The number of hydrogen-bond acceptors (Lipinski definition) is 3. The highest BCUT2D eigenvalue weighted by Gasteiger charge is 2.18. The van der Waals surface area contributed by atoms with Crippen LogP contribution in [0.5, 0.6) is 5.75 Å². The fourth-order valence-electron chi connectivity index (χ4n) is 2.62. The number of benzene rings is 2. The maximum atomic E-state index is 12.0. The quantitative estimate of drug-likeness (QED) is 0.908. The summed E-state index contributed by atoms with van der Waals surface area (Å²) in [5, 5.41) is 6.26. The minimum Gasteiger partial charge on any atom is -0.482 e. The Bertz CT molecular complexity index is 655. The molecule has 3 rings (SSSR count). The summed E-state index contributed by atoms with van der Waals surface area (Å²) in [6.07, 6.45) is 2.15. The number of ether oxygens (including phenoxy) is 1. The van der Waals surface area contributed by atoms with Crippen molar-refractivity contribution in [1.29, 1.82) is 0 Å². The predicted molar refractivity (Wildman–Crippen MR) is 88.4 cm³/mol. The molecule has 2 aromatic carbocycles. The second-order valence-corrected chi connectivity index (χ2v) is 5.58. The van der Waals surface area contributed by atoms with Crippen molar-refractivity contribution in [3.8, 4) is 5.75 Å². The summed E-state index contributed by atoms with van der Waals surface area (Å²) in [5.74, 6) is 0.583. The summed E-state index contributed by atoms with van der Waals surface area (Å²) in [6.45, 7) is 2.16. The average molecular weight is 296 g/mol. The molecule has 0 radical (unpaired) electrons. The van der Waals surface area contributed by atoms with E-state index in [-0.39, 0.29) is 12.5 Å². The van der Waals surface area contributed by atoms with E-state index in [9.17, 15) is 4.79 Å². The lowest BCUT2D eigenvalue weighted by atomic mass is 9.98. The Morgan fingerprint density at radius 3 is 2.86 bits per heavy atom. The van der Waals surface area contributed by atoms with Crippen LogP contribution in [-0.2, 0) is 11.2 Å². The molecule has 0 saturated heterocycles. The zero-order valence-electron chi connectivity index (χ0n) is 12.6. The van der Waals surface area contributed by atoms with Crippen molar-refractivity contribution in [3.05, 3.63) is 54.1 Å². The SMILES string of the molecule is CC1CCc2cccc(OCC(=O)Nc3ccccc3)c2N1. The summed E-state index contributed by atoms with van der Waals surface area (Å²) in [5.41, 5.74) is 3.05. The largest absolute Gasteiger partial charge is 0.482 e. The highest BCUT2D eigenvalue weighted by atomic mass is 16.5. The van der Waals surface area contributed by atoms with Gasteiger partial charge in [-0.05, 0) is 43.5 Å². The third-order valence-electron chi connectivity index (χ3n) is 3.77. The normalized spacial score (nSPS) is 16.3. The zero-order valence-corrected chi connectivity index (χ0v) is 12.6. The minimum atomic E-state index is -0.160.